The van der Waals surface area contributed by atoms with Crippen LogP contribution in [0.2, 0.25) is 0 Å². The quantitative estimate of drug-likeness (QED) is 0.394. The van der Waals surface area contributed by atoms with Gasteiger partial charge in [0.15, 0.2) is 0 Å². The smallest absolute Gasteiger partial charge is 0.224 e. The summed E-state index contributed by atoms with van der Waals surface area (Å²) in [6.07, 6.45) is 8.54. The Morgan fingerprint density at radius 3 is 2.07 bits per heavy atom. The van der Waals surface area contributed by atoms with E-state index in [1.54, 1.807) is 12.2 Å². The van der Waals surface area contributed by atoms with Crippen LogP contribution in [0.4, 0.5) is 0 Å². The van der Waals surface area contributed by atoms with E-state index in [1.165, 1.54) is 12.8 Å². The fourth-order valence-corrected chi connectivity index (χ4v) is 1.01. The van der Waals surface area contributed by atoms with Crippen molar-refractivity contribution in [3.05, 3.63) is 31.6 Å². The Labute approximate surface area is 87.6 Å². The molecular formula is C12H21O2. The average Bonchev–Trinajstić information content (AvgIpc) is 2.21. The van der Waals surface area contributed by atoms with Gasteiger partial charge in [-0.15, -0.1) is 13.2 Å². The lowest BCUT2D eigenvalue weighted by Crippen LogP contribution is -2.08. The topological polar surface area (TPSA) is 18.5 Å². The highest BCUT2D eigenvalue weighted by molar-refractivity contribution is 4.74. The fourth-order valence-electron chi connectivity index (χ4n) is 1.01. The van der Waals surface area contributed by atoms with Gasteiger partial charge < -0.3 is 9.47 Å². The van der Waals surface area contributed by atoms with Crippen molar-refractivity contribution < 1.29 is 9.47 Å². The number of ether oxygens (including phenoxy) is 2. The van der Waals surface area contributed by atoms with Gasteiger partial charge in [0.05, 0.1) is 13.2 Å². The fraction of sp³-hybridized carbons (Fsp3) is 0.583. The van der Waals surface area contributed by atoms with Crippen LogP contribution >= 0.6 is 0 Å². The molecule has 0 aromatic heterocycles. The van der Waals surface area contributed by atoms with E-state index in [2.05, 4.69) is 20.1 Å². The van der Waals surface area contributed by atoms with E-state index in [-0.39, 0.29) is 0 Å². The van der Waals surface area contributed by atoms with E-state index in [9.17, 15) is 0 Å². The Morgan fingerprint density at radius 2 is 1.64 bits per heavy atom. The molecule has 0 atom stereocenters. The summed E-state index contributed by atoms with van der Waals surface area (Å²) in [6, 6.07) is 0. The summed E-state index contributed by atoms with van der Waals surface area (Å²) in [5.74, 6) is 0. The molecule has 1 radical (unpaired) electrons. The second kappa shape index (κ2) is 10.5. The van der Waals surface area contributed by atoms with Crippen LogP contribution in [0.15, 0.2) is 25.3 Å². The monoisotopic (exact) mass is 197 g/mol. The lowest BCUT2D eigenvalue weighted by molar-refractivity contribution is -0.0324. The molecule has 81 valence electrons. The average molecular weight is 197 g/mol. The van der Waals surface area contributed by atoms with Gasteiger partial charge in [-0.2, -0.15) is 0 Å². The third-order valence-corrected chi connectivity index (χ3v) is 1.71. The highest BCUT2D eigenvalue weighted by Gasteiger charge is 2.09. The minimum absolute atomic E-state index is 0.513. The van der Waals surface area contributed by atoms with Gasteiger partial charge in [0, 0.05) is 6.42 Å². The van der Waals surface area contributed by atoms with Gasteiger partial charge in [-0.1, -0.05) is 31.9 Å². The molecule has 0 spiro atoms. The van der Waals surface area contributed by atoms with Crippen LogP contribution in [-0.2, 0) is 9.47 Å². The molecule has 0 bridgehead atoms. The zero-order valence-electron chi connectivity index (χ0n) is 9.13. The first-order valence-electron chi connectivity index (χ1n) is 5.18. The van der Waals surface area contributed by atoms with E-state index in [0.717, 1.165) is 12.8 Å². The maximum Gasteiger partial charge on any atom is 0.224 e. The molecule has 0 aromatic rings. The Morgan fingerprint density at radius 1 is 1.07 bits per heavy atom. The van der Waals surface area contributed by atoms with Crippen molar-refractivity contribution in [3.63, 3.8) is 0 Å². The summed E-state index contributed by atoms with van der Waals surface area (Å²) in [4.78, 5) is 0. The van der Waals surface area contributed by atoms with Gasteiger partial charge >= 0.3 is 0 Å². The number of hydrogen-bond acceptors (Lipinski definition) is 2. The molecule has 0 aliphatic carbocycles. The van der Waals surface area contributed by atoms with Gasteiger partial charge in [0.2, 0.25) is 6.29 Å². The summed E-state index contributed by atoms with van der Waals surface area (Å²) >= 11 is 0. The van der Waals surface area contributed by atoms with Crippen molar-refractivity contribution in [2.45, 2.75) is 32.6 Å². The van der Waals surface area contributed by atoms with Crippen LogP contribution in [0.3, 0.4) is 0 Å². The highest BCUT2D eigenvalue weighted by Crippen LogP contribution is 2.15. The third-order valence-electron chi connectivity index (χ3n) is 1.71. The zero-order chi connectivity index (χ0) is 10.6. The minimum Gasteiger partial charge on any atom is -0.341 e. The van der Waals surface area contributed by atoms with Gasteiger partial charge in [0.25, 0.3) is 0 Å². The molecule has 0 heterocycles. The second-order valence-corrected chi connectivity index (χ2v) is 3.03. The number of hydrogen-bond donors (Lipinski definition) is 0. The highest BCUT2D eigenvalue weighted by atomic mass is 16.7. The Bertz CT molecular complexity index is 131. The molecule has 0 saturated carbocycles. The summed E-state index contributed by atoms with van der Waals surface area (Å²) in [5.41, 5.74) is 0. The first-order valence-corrected chi connectivity index (χ1v) is 5.18. The summed E-state index contributed by atoms with van der Waals surface area (Å²) in [5, 5.41) is 0. The molecule has 0 fully saturated rings. The van der Waals surface area contributed by atoms with Crippen LogP contribution in [0, 0.1) is 6.29 Å². The van der Waals surface area contributed by atoms with Crippen molar-refractivity contribution in [2.75, 3.05) is 13.2 Å². The molecule has 0 saturated heterocycles. The van der Waals surface area contributed by atoms with Gasteiger partial charge in [0.1, 0.15) is 0 Å². The summed E-state index contributed by atoms with van der Waals surface area (Å²) < 4.78 is 10.7. The summed E-state index contributed by atoms with van der Waals surface area (Å²) in [7, 11) is 0. The van der Waals surface area contributed by atoms with Crippen molar-refractivity contribution in [3.8, 4) is 0 Å². The molecule has 0 aliphatic rings. The molecule has 14 heavy (non-hydrogen) atoms. The predicted molar refractivity (Wildman–Crippen MR) is 59.7 cm³/mol. The van der Waals surface area contributed by atoms with Gasteiger partial charge in [-0.25, -0.2) is 0 Å². The van der Waals surface area contributed by atoms with Crippen molar-refractivity contribution in [2.24, 2.45) is 0 Å². The van der Waals surface area contributed by atoms with Crippen LogP contribution in [-0.4, -0.2) is 13.2 Å². The van der Waals surface area contributed by atoms with Crippen LogP contribution in [0.25, 0.3) is 0 Å². The number of rotatable bonds is 10. The lowest BCUT2D eigenvalue weighted by Gasteiger charge is -2.14. The van der Waals surface area contributed by atoms with Gasteiger partial charge in [-0.05, 0) is 6.42 Å². The molecule has 2 heteroatoms. The zero-order valence-corrected chi connectivity index (χ0v) is 9.13. The molecule has 2 nitrogen and oxygen atoms in total. The standard InChI is InChI=1S/C12H21O2/c1-4-7-8-9-12(13-10-5-2)14-11-6-3/h5-6H,2-4,7-11H2,1H3. The minimum atomic E-state index is 0.513. The van der Waals surface area contributed by atoms with Gasteiger partial charge in [-0.3, -0.25) is 0 Å². The van der Waals surface area contributed by atoms with E-state index in [1.807, 2.05) is 0 Å². The summed E-state index contributed by atoms with van der Waals surface area (Å²) in [6.45, 7) is 10.4. The Kier molecular flexibility index (Phi) is 10.0. The van der Waals surface area contributed by atoms with Crippen molar-refractivity contribution in [1.29, 1.82) is 0 Å². The molecule has 0 rings (SSSR count). The van der Waals surface area contributed by atoms with Crippen molar-refractivity contribution in [1.82, 2.24) is 0 Å². The lowest BCUT2D eigenvalue weighted by atomic mass is 10.2. The normalized spacial score (nSPS) is 10.4. The molecule has 0 aliphatic heterocycles. The van der Waals surface area contributed by atoms with E-state index in [4.69, 9.17) is 9.47 Å². The molecule has 0 N–H and O–H groups in total. The Balaban J connectivity index is 3.59. The van der Waals surface area contributed by atoms with Crippen molar-refractivity contribution >= 4 is 0 Å². The third kappa shape index (κ3) is 8.02. The number of unbranched alkanes of at least 4 members (excludes halogenated alkanes) is 2. The first-order chi connectivity index (χ1) is 6.85. The second-order valence-electron chi connectivity index (χ2n) is 3.03. The van der Waals surface area contributed by atoms with Crippen LogP contribution in [0.5, 0.6) is 0 Å². The maximum atomic E-state index is 5.37. The molecule has 0 aromatic carbocycles. The van der Waals surface area contributed by atoms with E-state index >= 15 is 0 Å². The van der Waals surface area contributed by atoms with Crippen LogP contribution < -0.4 is 0 Å². The molecule has 0 unspecified atom stereocenters. The molecule has 0 amide bonds. The molecular weight excluding hydrogens is 176 g/mol. The SMILES string of the molecule is C=CCO[C](CCCCC)OCC=C. The van der Waals surface area contributed by atoms with E-state index in [0.29, 0.717) is 19.5 Å². The maximum absolute atomic E-state index is 5.37. The Hall–Kier alpha value is -0.600. The predicted octanol–water partition coefficient (Wildman–Crippen LogP) is 3.46. The van der Waals surface area contributed by atoms with E-state index < -0.39 is 0 Å². The first kappa shape index (κ1) is 13.4. The van der Waals surface area contributed by atoms with Crippen LogP contribution in [0.1, 0.15) is 32.6 Å². The largest absolute Gasteiger partial charge is 0.341 e.